The molecule has 0 saturated heterocycles. The van der Waals surface area contributed by atoms with Crippen molar-refractivity contribution < 1.29 is 14.7 Å². The van der Waals surface area contributed by atoms with Crippen molar-refractivity contribution in [1.29, 1.82) is 0 Å². The molecule has 0 radical (unpaired) electrons. The van der Waals surface area contributed by atoms with Crippen LogP contribution in [0.15, 0.2) is 0 Å². The molecule has 0 fully saturated rings. The molecule has 0 aliphatic rings. The van der Waals surface area contributed by atoms with Crippen molar-refractivity contribution in [2.75, 3.05) is 0 Å². The van der Waals surface area contributed by atoms with E-state index in [-0.39, 0.29) is 12.3 Å². The van der Waals surface area contributed by atoms with Gasteiger partial charge in [-0.3, -0.25) is 9.59 Å². The molecule has 4 nitrogen and oxygen atoms in total. The van der Waals surface area contributed by atoms with Gasteiger partial charge in [-0.2, -0.15) is 0 Å². The first kappa shape index (κ1) is 10.8. The van der Waals surface area contributed by atoms with E-state index in [1.807, 2.05) is 0 Å². The standard InChI is InChI=1S/C4H8O2.CH3NO/c1-3(2)4(5)6;2-1-3/h3H,1-2H3,(H,5,6);1H,(H2,2,3). The van der Waals surface area contributed by atoms with E-state index < -0.39 is 5.97 Å². The Hall–Kier alpha value is -1.06. The third-order valence-corrected chi connectivity index (χ3v) is 0.494. The summed E-state index contributed by atoms with van der Waals surface area (Å²) in [4.78, 5) is 18.3. The number of hydrogen-bond donors (Lipinski definition) is 2. The van der Waals surface area contributed by atoms with Crippen molar-refractivity contribution in [3.63, 3.8) is 0 Å². The number of primary amides is 1. The Morgan fingerprint density at radius 3 is 1.78 bits per heavy atom. The predicted octanol–water partition coefficient (Wildman–Crippen LogP) is -0.171. The first-order chi connectivity index (χ1) is 4.06. The van der Waals surface area contributed by atoms with E-state index in [1.54, 1.807) is 13.8 Å². The second-order valence-electron chi connectivity index (χ2n) is 1.63. The zero-order valence-corrected chi connectivity index (χ0v) is 5.50. The fraction of sp³-hybridized carbons (Fsp3) is 0.600. The maximum atomic E-state index is 9.70. The van der Waals surface area contributed by atoms with Crippen LogP contribution in [0.4, 0.5) is 0 Å². The lowest BCUT2D eigenvalue weighted by Gasteiger charge is -1.89. The molecule has 0 saturated carbocycles. The molecular weight excluding hydrogens is 122 g/mol. The van der Waals surface area contributed by atoms with Gasteiger partial charge in [0.2, 0.25) is 6.41 Å². The van der Waals surface area contributed by atoms with Crippen molar-refractivity contribution >= 4 is 12.4 Å². The van der Waals surface area contributed by atoms with Crippen molar-refractivity contribution in [3.05, 3.63) is 0 Å². The summed E-state index contributed by atoms with van der Waals surface area (Å²) in [6, 6.07) is 0. The highest BCUT2D eigenvalue weighted by molar-refractivity contribution is 5.68. The van der Waals surface area contributed by atoms with Crippen LogP contribution in [0.2, 0.25) is 0 Å². The van der Waals surface area contributed by atoms with E-state index in [9.17, 15) is 4.79 Å². The molecule has 9 heavy (non-hydrogen) atoms. The highest BCUT2D eigenvalue weighted by Crippen LogP contribution is 1.87. The van der Waals surface area contributed by atoms with Crippen LogP contribution in [0.25, 0.3) is 0 Å². The molecule has 0 aromatic rings. The summed E-state index contributed by atoms with van der Waals surface area (Å²) < 4.78 is 0. The van der Waals surface area contributed by atoms with E-state index in [0.717, 1.165) is 0 Å². The highest BCUT2D eigenvalue weighted by Gasteiger charge is 1.99. The van der Waals surface area contributed by atoms with Gasteiger partial charge < -0.3 is 10.8 Å². The van der Waals surface area contributed by atoms with E-state index in [1.165, 1.54) is 0 Å². The first-order valence-electron chi connectivity index (χ1n) is 2.44. The Bertz CT molecular complexity index is 90.2. The fourth-order valence-corrected chi connectivity index (χ4v) is 0. The summed E-state index contributed by atoms with van der Waals surface area (Å²) in [5.41, 5.74) is 4.17. The quantitative estimate of drug-likeness (QED) is 0.487. The molecule has 0 atom stereocenters. The van der Waals surface area contributed by atoms with Crippen molar-refractivity contribution in [1.82, 2.24) is 0 Å². The van der Waals surface area contributed by atoms with E-state index in [0.29, 0.717) is 0 Å². The molecule has 0 aliphatic heterocycles. The third-order valence-electron chi connectivity index (χ3n) is 0.494. The lowest BCUT2D eigenvalue weighted by molar-refractivity contribution is -0.140. The van der Waals surface area contributed by atoms with Crippen molar-refractivity contribution in [2.45, 2.75) is 13.8 Å². The molecule has 0 rings (SSSR count). The Morgan fingerprint density at radius 2 is 1.78 bits per heavy atom. The molecule has 0 aliphatic carbocycles. The Balaban J connectivity index is 0. The lowest BCUT2D eigenvalue weighted by Crippen LogP contribution is -2.03. The van der Waals surface area contributed by atoms with Gasteiger partial charge in [0.1, 0.15) is 0 Å². The first-order valence-corrected chi connectivity index (χ1v) is 2.44. The van der Waals surface area contributed by atoms with E-state index >= 15 is 0 Å². The van der Waals surface area contributed by atoms with Gasteiger partial charge in [-0.25, -0.2) is 0 Å². The minimum atomic E-state index is -0.741. The zero-order valence-electron chi connectivity index (χ0n) is 5.50. The maximum Gasteiger partial charge on any atom is 0.305 e. The number of carbonyl (C=O) groups is 2. The number of hydrogen-bond acceptors (Lipinski definition) is 2. The van der Waals surface area contributed by atoms with Crippen LogP contribution in [-0.2, 0) is 9.59 Å². The smallest absolute Gasteiger partial charge is 0.305 e. The topological polar surface area (TPSA) is 80.4 Å². The number of nitrogens with two attached hydrogens (primary N) is 1. The molecular formula is C5H11NO3. The minimum Gasteiger partial charge on any atom is -0.481 e. The molecule has 0 aromatic heterocycles. The largest absolute Gasteiger partial charge is 0.481 e. The average Bonchev–Trinajstić information content (AvgIpc) is 1.68. The van der Waals surface area contributed by atoms with Crippen LogP contribution < -0.4 is 5.73 Å². The molecule has 0 spiro atoms. The predicted molar refractivity (Wildman–Crippen MR) is 32.7 cm³/mol. The molecule has 1 amide bonds. The molecule has 0 heterocycles. The monoisotopic (exact) mass is 133 g/mol. The summed E-state index contributed by atoms with van der Waals surface area (Å²) in [7, 11) is 0. The summed E-state index contributed by atoms with van der Waals surface area (Å²) in [5.74, 6) is -0.972. The SMILES string of the molecule is CC(C)C(=O)O.NC=O. The average molecular weight is 133 g/mol. The summed E-state index contributed by atoms with van der Waals surface area (Å²) >= 11 is 0. The molecule has 0 bridgehead atoms. The number of rotatable bonds is 1. The fourth-order valence-electron chi connectivity index (χ4n) is 0. The number of carboxylic acid groups (broad SMARTS) is 1. The zero-order chi connectivity index (χ0) is 7.86. The van der Waals surface area contributed by atoms with Crippen LogP contribution in [0.5, 0.6) is 0 Å². The van der Waals surface area contributed by atoms with Crippen LogP contribution >= 0.6 is 0 Å². The van der Waals surface area contributed by atoms with E-state index in [4.69, 9.17) is 9.90 Å². The normalized spacial score (nSPS) is 7.44. The molecule has 4 heteroatoms. The summed E-state index contributed by atoms with van der Waals surface area (Å²) in [5, 5.41) is 7.99. The number of carboxylic acids is 1. The van der Waals surface area contributed by atoms with Crippen LogP contribution in [-0.4, -0.2) is 17.5 Å². The minimum absolute atomic E-state index is 0.231. The van der Waals surface area contributed by atoms with Crippen molar-refractivity contribution in [2.24, 2.45) is 11.7 Å². The van der Waals surface area contributed by atoms with Gasteiger partial charge in [0, 0.05) is 0 Å². The summed E-state index contributed by atoms with van der Waals surface area (Å²) in [6.45, 7) is 3.28. The van der Waals surface area contributed by atoms with Crippen molar-refractivity contribution in [3.8, 4) is 0 Å². The molecule has 0 unspecified atom stereocenters. The third kappa shape index (κ3) is 19.6. The van der Waals surface area contributed by atoms with Gasteiger partial charge >= 0.3 is 5.97 Å². The van der Waals surface area contributed by atoms with Crippen LogP contribution in [0, 0.1) is 5.92 Å². The number of aliphatic carboxylic acids is 1. The highest BCUT2D eigenvalue weighted by atomic mass is 16.4. The van der Waals surface area contributed by atoms with Crippen LogP contribution in [0.3, 0.4) is 0 Å². The number of carbonyl (C=O) groups excluding carboxylic acids is 1. The van der Waals surface area contributed by atoms with Gasteiger partial charge in [-0.05, 0) is 0 Å². The Labute approximate surface area is 53.7 Å². The van der Waals surface area contributed by atoms with Gasteiger partial charge in [-0.15, -0.1) is 0 Å². The Morgan fingerprint density at radius 1 is 1.67 bits per heavy atom. The second-order valence-corrected chi connectivity index (χ2v) is 1.63. The number of amides is 1. The lowest BCUT2D eigenvalue weighted by atomic mass is 10.2. The van der Waals surface area contributed by atoms with Gasteiger partial charge in [0.25, 0.3) is 0 Å². The van der Waals surface area contributed by atoms with Gasteiger partial charge in [-0.1, -0.05) is 13.8 Å². The summed E-state index contributed by atoms with van der Waals surface area (Å²) in [6.07, 6.45) is 0.250. The second kappa shape index (κ2) is 6.94. The Kier molecular flexibility index (Phi) is 8.36. The van der Waals surface area contributed by atoms with Gasteiger partial charge in [0.15, 0.2) is 0 Å². The molecule has 0 aromatic carbocycles. The maximum absolute atomic E-state index is 9.70. The molecule has 3 N–H and O–H groups in total. The van der Waals surface area contributed by atoms with Crippen LogP contribution in [0.1, 0.15) is 13.8 Å². The molecule has 54 valence electrons. The van der Waals surface area contributed by atoms with Gasteiger partial charge in [0.05, 0.1) is 5.92 Å². The van der Waals surface area contributed by atoms with E-state index in [2.05, 4.69) is 5.73 Å².